The molecule has 0 aromatic carbocycles. The van der Waals surface area contributed by atoms with E-state index in [-0.39, 0.29) is 0 Å². The van der Waals surface area contributed by atoms with Crippen molar-refractivity contribution in [1.82, 2.24) is 9.80 Å². The highest BCUT2D eigenvalue weighted by Gasteiger charge is 2.19. The summed E-state index contributed by atoms with van der Waals surface area (Å²) in [6, 6.07) is 0.758. The third kappa shape index (κ3) is 3.78. The van der Waals surface area contributed by atoms with Gasteiger partial charge in [-0.2, -0.15) is 0 Å². The van der Waals surface area contributed by atoms with Crippen molar-refractivity contribution >= 4 is 0 Å². The van der Waals surface area contributed by atoms with E-state index in [9.17, 15) is 0 Å². The number of likely N-dealkylation sites (tertiary alicyclic amines) is 1. The number of hydrogen-bond donors (Lipinski definition) is 1. The zero-order valence-corrected chi connectivity index (χ0v) is 9.45. The molecule has 0 saturated carbocycles. The smallest absolute Gasteiger partial charge is 0.0163 e. The van der Waals surface area contributed by atoms with Crippen LogP contribution in [0.4, 0.5) is 0 Å². The van der Waals surface area contributed by atoms with Gasteiger partial charge in [0.15, 0.2) is 0 Å². The van der Waals surface area contributed by atoms with Crippen LogP contribution in [0.25, 0.3) is 0 Å². The maximum atomic E-state index is 5.40. The van der Waals surface area contributed by atoms with Crippen molar-refractivity contribution in [3.8, 4) is 0 Å². The van der Waals surface area contributed by atoms with E-state index in [2.05, 4.69) is 30.0 Å². The van der Waals surface area contributed by atoms with Crippen LogP contribution in [-0.4, -0.2) is 56.1 Å². The Balaban J connectivity index is 2.23. The first kappa shape index (κ1) is 11.7. The van der Waals surface area contributed by atoms with Gasteiger partial charge in [-0.1, -0.05) is 12.2 Å². The molecule has 0 amide bonds. The Morgan fingerprint density at radius 3 is 2.57 bits per heavy atom. The van der Waals surface area contributed by atoms with Gasteiger partial charge in [0.25, 0.3) is 0 Å². The molecule has 1 aliphatic heterocycles. The van der Waals surface area contributed by atoms with Gasteiger partial charge in [-0.15, -0.1) is 0 Å². The molecule has 0 bridgehead atoms. The van der Waals surface area contributed by atoms with Crippen molar-refractivity contribution in [3.63, 3.8) is 0 Å². The van der Waals surface area contributed by atoms with E-state index in [0.29, 0.717) is 6.54 Å². The lowest BCUT2D eigenvalue weighted by molar-refractivity contribution is 0.154. The Kier molecular flexibility index (Phi) is 5.15. The van der Waals surface area contributed by atoms with Crippen LogP contribution in [0.15, 0.2) is 12.2 Å². The molecule has 0 atom stereocenters. The molecule has 1 fully saturated rings. The Hall–Kier alpha value is -0.380. The van der Waals surface area contributed by atoms with Crippen LogP contribution in [-0.2, 0) is 0 Å². The number of piperidine rings is 1. The highest BCUT2D eigenvalue weighted by atomic mass is 15.2. The summed E-state index contributed by atoms with van der Waals surface area (Å²) >= 11 is 0. The zero-order valence-electron chi connectivity index (χ0n) is 9.45. The number of likely N-dealkylation sites (N-methyl/N-ethyl adjacent to an activating group) is 1. The molecule has 82 valence electrons. The maximum absolute atomic E-state index is 5.40. The van der Waals surface area contributed by atoms with E-state index >= 15 is 0 Å². The van der Waals surface area contributed by atoms with Crippen LogP contribution >= 0.6 is 0 Å². The van der Waals surface area contributed by atoms with E-state index in [1.54, 1.807) is 0 Å². The molecule has 0 radical (unpaired) electrons. The molecule has 14 heavy (non-hydrogen) atoms. The minimum absolute atomic E-state index is 0.654. The molecule has 2 N–H and O–H groups in total. The predicted molar refractivity (Wildman–Crippen MR) is 61.3 cm³/mol. The molecule has 1 saturated heterocycles. The highest BCUT2D eigenvalue weighted by molar-refractivity contribution is 4.87. The van der Waals surface area contributed by atoms with Crippen molar-refractivity contribution in [1.29, 1.82) is 0 Å². The van der Waals surface area contributed by atoms with Crippen LogP contribution in [0, 0.1) is 0 Å². The summed E-state index contributed by atoms with van der Waals surface area (Å²) < 4.78 is 0. The van der Waals surface area contributed by atoms with Crippen LogP contribution in [0.1, 0.15) is 12.8 Å². The van der Waals surface area contributed by atoms with Crippen molar-refractivity contribution in [2.75, 3.05) is 40.3 Å². The van der Waals surface area contributed by atoms with Gasteiger partial charge in [-0.25, -0.2) is 0 Å². The second kappa shape index (κ2) is 6.17. The molecule has 0 unspecified atom stereocenters. The second-order valence-electron chi connectivity index (χ2n) is 4.18. The largest absolute Gasteiger partial charge is 0.327 e. The molecule has 0 aliphatic carbocycles. The minimum Gasteiger partial charge on any atom is -0.327 e. The lowest BCUT2D eigenvalue weighted by Crippen LogP contribution is -2.41. The van der Waals surface area contributed by atoms with E-state index in [1.807, 2.05) is 6.08 Å². The topological polar surface area (TPSA) is 32.5 Å². The highest BCUT2D eigenvalue weighted by Crippen LogP contribution is 2.13. The summed E-state index contributed by atoms with van der Waals surface area (Å²) in [4.78, 5) is 4.83. The fraction of sp³-hybridized carbons (Fsp3) is 0.818. The molecular weight excluding hydrogens is 174 g/mol. The lowest BCUT2D eigenvalue weighted by Gasteiger charge is -2.34. The number of nitrogens with zero attached hydrogens (tertiary/aromatic N) is 2. The first-order chi connectivity index (χ1) is 6.74. The molecule has 0 spiro atoms. The van der Waals surface area contributed by atoms with Crippen LogP contribution in [0.5, 0.6) is 0 Å². The van der Waals surface area contributed by atoms with Crippen molar-refractivity contribution in [2.45, 2.75) is 18.9 Å². The van der Waals surface area contributed by atoms with E-state index in [0.717, 1.165) is 12.6 Å². The standard InChI is InChI=1S/C11H23N3/c1-13-9-5-11(6-10-13)14(2)8-4-3-7-12/h3-4,11H,5-10,12H2,1-2H3. The first-order valence-corrected chi connectivity index (χ1v) is 5.48. The van der Waals surface area contributed by atoms with Crippen molar-refractivity contribution in [3.05, 3.63) is 12.2 Å². The fourth-order valence-electron chi connectivity index (χ4n) is 1.92. The summed E-state index contributed by atoms with van der Waals surface area (Å²) in [6.07, 6.45) is 6.79. The van der Waals surface area contributed by atoms with E-state index in [1.165, 1.54) is 25.9 Å². The van der Waals surface area contributed by atoms with E-state index < -0.39 is 0 Å². The van der Waals surface area contributed by atoms with E-state index in [4.69, 9.17) is 5.73 Å². The third-order valence-electron chi connectivity index (χ3n) is 3.01. The Morgan fingerprint density at radius 2 is 2.00 bits per heavy atom. The summed E-state index contributed by atoms with van der Waals surface area (Å²) in [6.45, 7) is 4.15. The van der Waals surface area contributed by atoms with Gasteiger partial charge in [-0.3, -0.25) is 4.90 Å². The number of hydrogen-bond acceptors (Lipinski definition) is 3. The minimum atomic E-state index is 0.654. The number of rotatable bonds is 4. The molecular formula is C11H23N3. The lowest BCUT2D eigenvalue weighted by atomic mass is 10.0. The Labute approximate surface area is 87.6 Å². The number of nitrogens with two attached hydrogens (primary N) is 1. The summed E-state index contributed by atoms with van der Waals surface area (Å²) in [5.74, 6) is 0. The van der Waals surface area contributed by atoms with Crippen LogP contribution in [0.3, 0.4) is 0 Å². The Bertz CT molecular complexity index is 171. The van der Waals surface area contributed by atoms with Crippen LogP contribution < -0.4 is 5.73 Å². The SMILES string of the molecule is CN1CCC(N(C)CC=CCN)CC1. The second-order valence-corrected chi connectivity index (χ2v) is 4.18. The van der Waals surface area contributed by atoms with Gasteiger partial charge in [0.1, 0.15) is 0 Å². The summed E-state index contributed by atoms with van der Waals surface area (Å²) in [7, 11) is 4.40. The third-order valence-corrected chi connectivity index (χ3v) is 3.01. The van der Waals surface area contributed by atoms with Gasteiger partial charge in [0.05, 0.1) is 0 Å². The van der Waals surface area contributed by atoms with Gasteiger partial charge in [-0.05, 0) is 40.0 Å². The molecule has 1 rings (SSSR count). The Morgan fingerprint density at radius 1 is 1.36 bits per heavy atom. The molecule has 1 aliphatic rings. The average Bonchev–Trinajstić information content (AvgIpc) is 2.19. The summed E-state index contributed by atoms with van der Waals surface area (Å²) in [5.41, 5.74) is 5.40. The molecule has 1 heterocycles. The van der Waals surface area contributed by atoms with Crippen LogP contribution in [0.2, 0.25) is 0 Å². The normalized spacial score (nSPS) is 21.1. The average molecular weight is 197 g/mol. The summed E-state index contributed by atoms with van der Waals surface area (Å²) in [5, 5.41) is 0. The van der Waals surface area contributed by atoms with Crippen molar-refractivity contribution in [2.24, 2.45) is 5.73 Å². The molecule has 3 heteroatoms. The monoisotopic (exact) mass is 197 g/mol. The molecule has 0 aromatic rings. The first-order valence-electron chi connectivity index (χ1n) is 5.48. The van der Waals surface area contributed by atoms with Gasteiger partial charge in [0.2, 0.25) is 0 Å². The fourth-order valence-corrected chi connectivity index (χ4v) is 1.92. The van der Waals surface area contributed by atoms with Gasteiger partial charge in [0, 0.05) is 19.1 Å². The van der Waals surface area contributed by atoms with Gasteiger partial charge < -0.3 is 10.6 Å². The zero-order chi connectivity index (χ0) is 10.4. The van der Waals surface area contributed by atoms with Gasteiger partial charge >= 0.3 is 0 Å². The maximum Gasteiger partial charge on any atom is 0.0163 e. The molecule has 3 nitrogen and oxygen atoms in total. The predicted octanol–water partition coefficient (Wildman–Crippen LogP) is 0.527. The quantitative estimate of drug-likeness (QED) is 0.667. The van der Waals surface area contributed by atoms with Crippen molar-refractivity contribution < 1.29 is 0 Å². The molecule has 0 aromatic heterocycles.